The van der Waals surface area contributed by atoms with Gasteiger partial charge in [0.15, 0.2) is 6.61 Å². The Morgan fingerprint density at radius 1 is 1.21 bits per heavy atom. The van der Waals surface area contributed by atoms with E-state index in [0.717, 1.165) is 10.0 Å². The molecule has 1 atom stereocenters. The summed E-state index contributed by atoms with van der Waals surface area (Å²) in [5.74, 6) is -0.997. The van der Waals surface area contributed by atoms with Gasteiger partial charge in [0.1, 0.15) is 0 Å². The van der Waals surface area contributed by atoms with Gasteiger partial charge in [-0.3, -0.25) is 4.79 Å². The fourth-order valence-electron chi connectivity index (χ4n) is 2.08. The molecule has 0 spiro atoms. The van der Waals surface area contributed by atoms with Gasteiger partial charge in [-0.05, 0) is 42.8 Å². The highest BCUT2D eigenvalue weighted by Crippen LogP contribution is 2.22. The smallest absolute Gasteiger partial charge is 0.338 e. The number of nitriles is 1. The van der Waals surface area contributed by atoms with Crippen LogP contribution in [0.15, 0.2) is 53.0 Å². The van der Waals surface area contributed by atoms with Crippen molar-refractivity contribution in [2.45, 2.75) is 13.0 Å². The second kappa shape index (κ2) is 8.27. The zero-order chi connectivity index (χ0) is 17.5. The van der Waals surface area contributed by atoms with Crippen LogP contribution in [-0.4, -0.2) is 18.5 Å². The molecule has 2 aromatic rings. The van der Waals surface area contributed by atoms with Crippen molar-refractivity contribution in [3.05, 3.63) is 69.7 Å². The molecule has 0 saturated carbocycles. The summed E-state index contributed by atoms with van der Waals surface area (Å²) in [6.45, 7) is 1.48. The molecule has 0 aliphatic carbocycles. The summed E-state index contributed by atoms with van der Waals surface area (Å²) in [5.41, 5.74) is 1.68. The molecule has 0 saturated heterocycles. The number of rotatable bonds is 5. The summed E-state index contributed by atoms with van der Waals surface area (Å²) < 4.78 is 5.88. The zero-order valence-corrected chi connectivity index (χ0v) is 14.5. The summed E-state index contributed by atoms with van der Waals surface area (Å²) in [4.78, 5) is 23.8. The van der Waals surface area contributed by atoms with Crippen molar-refractivity contribution in [1.29, 1.82) is 5.26 Å². The first-order valence-corrected chi connectivity index (χ1v) is 8.01. The van der Waals surface area contributed by atoms with Crippen LogP contribution in [0, 0.1) is 11.3 Å². The summed E-state index contributed by atoms with van der Waals surface area (Å²) >= 11 is 3.43. The fourth-order valence-corrected chi connectivity index (χ4v) is 2.71. The van der Waals surface area contributed by atoms with Crippen LogP contribution >= 0.6 is 15.9 Å². The van der Waals surface area contributed by atoms with E-state index in [1.807, 2.05) is 37.3 Å². The number of hydrogen-bond acceptors (Lipinski definition) is 4. The molecule has 0 aromatic heterocycles. The monoisotopic (exact) mass is 386 g/mol. The number of nitrogens with one attached hydrogen (secondary N) is 1. The Morgan fingerprint density at radius 2 is 1.88 bits per heavy atom. The quantitative estimate of drug-likeness (QED) is 0.798. The van der Waals surface area contributed by atoms with Crippen molar-refractivity contribution >= 4 is 27.8 Å². The average Bonchev–Trinajstić information content (AvgIpc) is 2.60. The lowest BCUT2D eigenvalue weighted by Crippen LogP contribution is -2.31. The molecule has 0 bridgehead atoms. The number of halogens is 1. The average molecular weight is 387 g/mol. The first kappa shape index (κ1) is 17.7. The highest BCUT2D eigenvalue weighted by Gasteiger charge is 2.14. The van der Waals surface area contributed by atoms with Crippen LogP contribution in [0.3, 0.4) is 0 Å². The minimum atomic E-state index is -0.608. The maximum Gasteiger partial charge on any atom is 0.338 e. The molecule has 1 amide bonds. The van der Waals surface area contributed by atoms with Gasteiger partial charge in [0.05, 0.1) is 23.2 Å². The third kappa shape index (κ3) is 4.67. The van der Waals surface area contributed by atoms with Gasteiger partial charge >= 0.3 is 5.97 Å². The first-order valence-electron chi connectivity index (χ1n) is 7.22. The van der Waals surface area contributed by atoms with Crippen LogP contribution in [0.1, 0.15) is 34.5 Å². The Labute approximate surface area is 148 Å². The molecular formula is C18H15BrN2O3. The minimum Gasteiger partial charge on any atom is -0.452 e. The van der Waals surface area contributed by atoms with Crippen molar-refractivity contribution in [1.82, 2.24) is 5.32 Å². The van der Waals surface area contributed by atoms with E-state index in [0.29, 0.717) is 11.1 Å². The summed E-state index contributed by atoms with van der Waals surface area (Å²) in [6.07, 6.45) is 0. The van der Waals surface area contributed by atoms with E-state index in [9.17, 15) is 9.59 Å². The number of carbonyl (C=O) groups excluding carboxylic acids is 2. The number of hydrogen-bond donors (Lipinski definition) is 1. The maximum absolute atomic E-state index is 11.9. The molecule has 0 unspecified atom stereocenters. The summed E-state index contributed by atoms with van der Waals surface area (Å²) in [6, 6.07) is 15.3. The standard InChI is InChI=1S/C18H15BrN2O3/c1-12(15-4-2-3-5-16(15)19)21-17(22)11-24-18(23)14-8-6-13(10-20)7-9-14/h2-9,12H,11H2,1H3,(H,21,22)/t12-/m1/s1. The van der Waals surface area contributed by atoms with Crippen LogP contribution in [-0.2, 0) is 9.53 Å². The predicted octanol–water partition coefficient (Wildman–Crippen LogP) is 3.35. The Bertz CT molecular complexity index is 782. The Hall–Kier alpha value is -2.65. The van der Waals surface area contributed by atoms with Gasteiger partial charge in [0.2, 0.25) is 0 Å². The lowest BCUT2D eigenvalue weighted by molar-refractivity contribution is -0.124. The summed E-state index contributed by atoms with van der Waals surface area (Å²) in [5, 5.41) is 11.5. The van der Waals surface area contributed by atoms with E-state index in [1.165, 1.54) is 24.3 Å². The molecule has 122 valence electrons. The first-order chi connectivity index (χ1) is 11.5. The van der Waals surface area contributed by atoms with Crippen molar-refractivity contribution in [2.24, 2.45) is 0 Å². The highest BCUT2D eigenvalue weighted by atomic mass is 79.9. The molecule has 2 rings (SSSR count). The van der Waals surface area contributed by atoms with Crippen molar-refractivity contribution in [3.8, 4) is 6.07 Å². The highest BCUT2D eigenvalue weighted by molar-refractivity contribution is 9.10. The topological polar surface area (TPSA) is 79.2 Å². The second-order valence-electron chi connectivity index (χ2n) is 5.08. The molecule has 0 fully saturated rings. The summed E-state index contributed by atoms with van der Waals surface area (Å²) in [7, 11) is 0. The maximum atomic E-state index is 11.9. The largest absolute Gasteiger partial charge is 0.452 e. The van der Waals surface area contributed by atoms with Gasteiger partial charge in [-0.25, -0.2) is 4.79 Å². The molecule has 0 heterocycles. The Kier molecular flexibility index (Phi) is 6.10. The number of carbonyl (C=O) groups is 2. The number of esters is 1. The molecule has 1 N–H and O–H groups in total. The Balaban J connectivity index is 1.87. The molecule has 24 heavy (non-hydrogen) atoms. The number of benzene rings is 2. The molecular weight excluding hydrogens is 372 g/mol. The van der Waals surface area contributed by atoms with E-state index >= 15 is 0 Å². The van der Waals surface area contributed by atoms with E-state index in [-0.39, 0.29) is 18.6 Å². The third-order valence-electron chi connectivity index (χ3n) is 3.33. The molecule has 2 aromatic carbocycles. The number of nitrogens with zero attached hydrogens (tertiary/aromatic N) is 1. The van der Waals surface area contributed by atoms with Gasteiger partial charge in [0, 0.05) is 4.47 Å². The van der Waals surface area contributed by atoms with Crippen molar-refractivity contribution in [3.63, 3.8) is 0 Å². The number of amides is 1. The normalized spacial score (nSPS) is 11.2. The predicted molar refractivity (Wildman–Crippen MR) is 92.1 cm³/mol. The molecule has 0 aliphatic rings. The van der Waals surface area contributed by atoms with Gasteiger partial charge in [-0.1, -0.05) is 34.1 Å². The lowest BCUT2D eigenvalue weighted by Gasteiger charge is -2.15. The van der Waals surface area contributed by atoms with Gasteiger partial charge in [-0.2, -0.15) is 5.26 Å². The van der Waals surface area contributed by atoms with Gasteiger partial charge in [0.25, 0.3) is 5.91 Å². The van der Waals surface area contributed by atoms with Crippen LogP contribution < -0.4 is 5.32 Å². The van der Waals surface area contributed by atoms with Crippen molar-refractivity contribution in [2.75, 3.05) is 6.61 Å². The van der Waals surface area contributed by atoms with Crippen molar-refractivity contribution < 1.29 is 14.3 Å². The molecule has 0 aliphatic heterocycles. The minimum absolute atomic E-state index is 0.221. The molecule has 6 heteroatoms. The van der Waals surface area contributed by atoms with E-state index < -0.39 is 5.97 Å². The van der Waals surface area contributed by atoms with Gasteiger partial charge < -0.3 is 10.1 Å². The van der Waals surface area contributed by atoms with Crippen LogP contribution in [0.25, 0.3) is 0 Å². The van der Waals surface area contributed by atoms with E-state index in [4.69, 9.17) is 10.00 Å². The lowest BCUT2D eigenvalue weighted by atomic mass is 10.1. The van der Waals surface area contributed by atoms with E-state index in [2.05, 4.69) is 21.2 Å². The fraction of sp³-hybridized carbons (Fsp3) is 0.167. The van der Waals surface area contributed by atoms with Gasteiger partial charge in [-0.15, -0.1) is 0 Å². The SMILES string of the molecule is C[C@@H](NC(=O)COC(=O)c1ccc(C#N)cc1)c1ccccc1Br. The molecule has 0 radical (unpaired) electrons. The van der Waals surface area contributed by atoms with Crippen LogP contribution in [0.5, 0.6) is 0 Å². The van der Waals surface area contributed by atoms with Crippen LogP contribution in [0.2, 0.25) is 0 Å². The van der Waals surface area contributed by atoms with E-state index in [1.54, 1.807) is 0 Å². The third-order valence-corrected chi connectivity index (χ3v) is 4.06. The molecule has 5 nitrogen and oxygen atoms in total. The van der Waals surface area contributed by atoms with Crippen LogP contribution in [0.4, 0.5) is 0 Å². The number of ether oxygens (including phenoxy) is 1. The zero-order valence-electron chi connectivity index (χ0n) is 13.0. The Morgan fingerprint density at radius 3 is 2.50 bits per heavy atom. The second-order valence-corrected chi connectivity index (χ2v) is 5.93.